The molecular weight excluding hydrogens is 172 g/mol. The van der Waals surface area contributed by atoms with Crippen LogP contribution in [0, 0.1) is 0 Å². The van der Waals surface area contributed by atoms with Gasteiger partial charge in [-0.1, -0.05) is 0 Å². The molecule has 0 aromatic heterocycles. The van der Waals surface area contributed by atoms with Crippen LogP contribution >= 0.6 is 24.2 Å². The summed E-state index contributed by atoms with van der Waals surface area (Å²) in [5.74, 6) is 0.0428. The number of thioether (sulfide) groups is 1. The van der Waals surface area contributed by atoms with E-state index in [2.05, 4.69) is 0 Å². The number of β-lactam (4-membered cyclic amide) rings is 1. The molecular formula is C5H7ClN2OS. The van der Waals surface area contributed by atoms with Gasteiger partial charge < -0.3 is 10.6 Å². The number of fused-ring (bicyclic) bond motifs is 1. The van der Waals surface area contributed by atoms with Crippen LogP contribution in [0.1, 0.15) is 0 Å². The minimum absolute atomic E-state index is 0. The number of carbonyl (C=O) groups excluding carboxylic acids is 1. The first-order valence-electron chi connectivity index (χ1n) is 2.70. The van der Waals surface area contributed by atoms with E-state index in [0.29, 0.717) is 0 Å². The van der Waals surface area contributed by atoms with Gasteiger partial charge in [0.15, 0.2) is 0 Å². The maximum absolute atomic E-state index is 10.8. The molecule has 5 heteroatoms. The van der Waals surface area contributed by atoms with Crippen molar-refractivity contribution >= 4 is 30.1 Å². The van der Waals surface area contributed by atoms with Crippen LogP contribution in [0.4, 0.5) is 0 Å². The van der Waals surface area contributed by atoms with Crippen LogP contribution in [0.25, 0.3) is 0 Å². The standard InChI is InChI=1S/C5H6N2OS.ClH/c6-3-4(8)7-1-2-9-5(3)7;/h1-3,5H,6H2;1H/t3?,5-;/m1./s1. The maximum atomic E-state index is 10.8. The number of hydrogen-bond donors (Lipinski definition) is 1. The van der Waals surface area contributed by atoms with Crippen LogP contribution in [0.3, 0.4) is 0 Å². The summed E-state index contributed by atoms with van der Waals surface area (Å²) in [5.41, 5.74) is 5.46. The Morgan fingerprint density at radius 1 is 1.70 bits per heavy atom. The molecule has 10 heavy (non-hydrogen) atoms. The summed E-state index contributed by atoms with van der Waals surface area (Å²) in [4.78, 5) is 12.4. The van der Waals surface area contributed by atoms with Crippen molar-refractivity contribution in [1.82, 2.24) is 4.90 Å². The van der Waals surface area contributed by atoms with Gasteiger partial charge in [0.1, 0.15) is 11.4 Å². The molecule has 0 aromatic carbocycles. The predicted molar refractivity (Wildman–Crippen MR) is 42.6 cm³/mol. The Labute approximate surface area is 69.0 Å². The molecule has 0 bridgehead atoms. The highest BCUT2D eigenvalue weighted by Crippen LogP contribution is 2.34. The monoisotopic (exact) mass is 178 g/mol. The summed E-state index contributed by atoms with van der Waals surface area (Å²) < 4.78 is 0. The lowest BCUT2D eigenvalue weighted by atomic mass is 10.1. The minimum atomic E-state index is -0.259. The molecule has 2 aliphatic rings. The zero-order valence-corrected chi connectivity index (χ0v) is 6.69. The zero-order valence-electron chi connectivity index (χ0n) is 5.06. The van der Waals surface area contributed by atoms with E-state index in [-0.39, 0.29) is 29.7 Å². The van der Waals surface area contributed by atoms with Crippen LogP contribution in [-0.2, 0) is 4.79 Å². The van der Waals surface area contributed by atoms with Crippen molar-refractivity contribution < 1.29 is 4.79 Å². The smallest absolute Gasteiger partial charge is 0.247 e. The Hall–Kier alpha value is -0.190. The number of nitrogens with two attached hydrogens (primary N) is 1. The number of hydrogen-bond acceptors (Lipinski definition) is 3. The fourth-order valence-corrected chi connectivity index (χ4v) is 1.95. The molecule has 1 saturated heterocycles. The molecule has 0 radical (unpaired) electrons. The second-order valence-corrected chi connectivity index (χ2v) is 3.11. The van der Waals surface area contributed by atoms with Crippen molar-refractivity contribution in [2.45, 2.75) is 11.4 Å². The highest BCUT2D eigenvalue weighted by molar-refractivity contribution is 8.03. The molecule has 0 spiro atoms. The van der Waals surface area contributed by atoms with Crippen molar-refractivity contribution in [3.05, 3.63) is 11.6 Å². The van der Waals surface area contributed by atoms with Crippen LogP contribution < -0.4 is 5.73 Å². The molecule has 2 atom stereocenters. The molecule has 1 unspecified atom stereocenters. The Bertz CT molecular complexity index is 196. The van der Waals surface area contributed by atoms with Gasteiger partial charge in [-0.3, -0.25) is 4.79 Å². The van der Waals surface area contributed by atoms with Crippen molar-refractivity contribution in [1.29, 1.82) is 0 Å². The zero-order chi connectivity index (χ0) is 6.43. The summed E-state index contributed by atoms with van der Waals surface area (Å²) in [6.07, 6.45) is 1.78. The topological polar surface area (TPSA) is 46.3 Å². The van der Waals surface area contributed by atoms with E-state index in [4.69, 9.17) is 5.73 Å². The van der Waals surface area contributed by atoms with Crippen molar-refractivity contribution in [2.24, 2.45) is 5.73 Å². The normalized spacial score (nSPS) is 34.9. The molecule has 1 amide bonds. The second kappa shape index (κ2) is 2.45. The van der Waals surface area contributed by atoms with E-state index in [1.165, 1.54) is 0 Å². The van der Waals surface area contributed by atoms with Gasteiger partial charge in [-0.05, 0) is 5.41 Å². The molecule has 0 aromatic rings. The molecule has 56 valence electrons. The van der Waals surface area contributed by atoms with E-state index in [1.54, 1.807) is 22.9 Å². The van der Waals surface area contributed by atoms with Gasteiger partial charge in [0.05, 0.1) is 0 Å². The second-order valence-electron chi connectivity index (χ2n) is 2.08. The third-order valence-electron chi connectivity index (χ3n) is 1.56. The van der Waals surface area contributed by atoms with Crippen LogP contribution in [0.5, 0.6) is 0 Å². The Balaban J connectivity index is 0.000000500. The Kier molecular flexibility index (Phi) is 1.94. The van der Waals surface area contributed by atoms with E-state index in [1.807, 2.05) is 5.41 Å². The van der Waals surface area contributed by atoms with Gasteiger partial charge in [0, 0.05) is 6.20 Å². The maximum Gasteiger partial charge on any atom is 0.247 e. The van der Waals surface area contributed by atoms with Gasteiger partial charge in [0.2, 0.25) is 5.91 Å². The van der Waals surface area contributed by atoms with Gasteiger partial charge >= 0.3 is 0 Å². The van der Waals surface area contributed by atoms with E-state index >= 15 is 0 Å². The fourth-order valence-electron chi connectivity index (χ4n) is 1.00. The molecule has 2 N–H and O–H groups in total. The SMILES string of the molecule is Cl.NC1C(=O)N2C=CS[C@H]12. The van der Waals surface area contributed by atoms with Crippen molar-refractivity contribution in [3.8, 4) is 0 Å². The van der Waals surface area contributed by atoms with Gasteiger partial charge in [-0.25, -0.2) is 0 Å². The lowest BCUT2D eigenvalue weighted by Gasteiger charge is -2.38. The summed E-state index contributed by atoms with van der Waals surface area (Å²) in [6, 6.07) is -0.259. The summed E-state index contributed by atoms with van der Waals surface area (Å²) in [7, 11) is 0. The number of amides is 1. The number of carbonyl (C=O) groups is 1. The van der Waals surface area contributed by atoms with Gasteiger partial charge in [-0.2, -0.15) is 0 Å². The molecule has 2 aliphatic heterocycles. The van der Waals surface area contributed by atoms with Crippen LogP contribution in [0.2, 0.25) is 0 Å². The fraction of sp³-hybridized carbons (Fsp3) is 0.400. The summed E-state index contributed by atoms with van der Waals surface area (Å²) in [5, 5.41) is 2.10. The van der Waals surface area contributed by atoms with Gasteiger partial charge in [-0.15, -0.1) is 24.2 Å². The largest absolute Gasteiger partial charge is 0.317 e. The summed E-state index contributed by atoms with van der Waals surface area (Å²) >= 11 is 1.60. The van der Waals surface area contributed by atoms with Crippen LogP contribution in [0.15, 0.2) is 11.6 Å². The summed E-state index contributed by atoms with van der Waals surface area (Å²) in [6.45, 7) is 0. The molecule has 2 heterocycles. The minimum Gasteiger partial charge on any atom is -0.317 e. The molecule has 2 rings (SSSR count). The van der Waals surface area contributed by atoms with E-state index in [0.717, 1.165) is 0 Å². The molecule has 3 nitrogen and oxygen atoms in total. The Morgan fingerprint density at radius 2 is 2.40 bits per heavy atom. The number of nitrogens with zero attached hydrogens (tertiary/aromatic N) is 1. The van der Waals surface area contributed by atoms with Crippen LogP contribution in [-0.4, -0.2) is 22.2 Å². The van der Waals surface area contributed by atoms with Crippen molar-refractivity contribution in [2.75, 3.05) is 0 Å². The van der Waals surface area contributed by atoms with E-state index in [9.17, 15) is 4.79 Å². The molecule has 0 aliphatic carbocycles. The average Bonchev–Trinajstić information content (AvgIpc) is 2.30. The molecule has 0 saturated carbocycles. The van der Waals surface area contributed by atoms with Gasteiger partial charge in [0.25, 0.3) is 0 Å². The number of rotatable bonds is 0. The van der Waals surface area contributed by atoms with Crippen molar-refractivity contribution in [3.63, 3.8) is 0 Å². The Morgan fingerprint density at radius 3 is 3.00 bits per heavy atom. The lowest BCUT2D eigenvalue weighted by Crippen LogP contribution is -2.63. The average molecular weight is 179 g/mol. The first-order chi connectivity index (χ1) is 4.30. The lowest BCUT2D eigenvalue weighted by molar-refractivity contribution is -0.139. The molecule has 1 fully saturated rings. The highest BCUT2D eigenvalue weighted by atomic mass is 35.5. The van der Waals surface area contributed by atoms with E-state index < -0.39 is 0 Å². The number of halogens is 1. The third kappa shape index (κ3) is 0.761. The highest BCUT2D eigenvalue weighted by Gasteiger charge is 2.45. The quantitative estimate of drug-likeness (QED) is 0.536. The third-order valence-corrected chi connectivity index (χ3v) is 2.64. The first kappa shape index (κ1) is 7.91. The predicted octanol–water partition coefficient (Wildman–Crippen LogP) is 0.122. The first-order valence-corrected chi connectivity index (χ1v) is 3.65.